The van der Waals surface area contributed by atoms with E-state index in [2.05, 4.69) is 20.0 Å². The zero-order valence-corrected chi connectivity index (χ0v) is 18.6. The Morgan fingerprint density at radius 2 is 1.58 bits per heavy atom. The quantitative estimate of drug-likeness (QED) is 0.712. The molecule has 1 aromatic carbocycles. The van der Waals surface area contributed by atoms with Crippen LogP contribution < -0.4 is 9.80 Å². The van der Waals surface area contributed by atoms with Crippen LogP contribution in [0.2, 0.25) is 0 Å². The number of morpholine rings is 1. The van der Waals surface area contributed by atoms with E-state index in [0.717, 1.165) is 43.9 Å². The topological polar surface area (TPSA) is 78.9 Å². The average Bonchev–Trinajstić information content (AvgIpc) is 2.84. The van der Waals surface area contributed by atoms with Gasteiger partial charge in [-0.25, -0.2) is 8.42 Å². The van der Waals surface area contributed by atoms with Gasteiger partial charge in [0, 0.05) is 45.3 Å². The molecule has 1 aliphatic carbocycles. The molecule has 3 aliphatic rings. The highest BCUT2D eigenvalue weighted by Gasteiger charge is 2.29. The van der Waals surface area contributed by atoms with Crippen molar-refractivity contribution >= 4 is 21.5 Å². The molecule has 3 heterocycles. The predicted molar refractivity (Wildman–Crippen MR) is 119 cm³/mol. The van der Waals surface area contributed by atoms with Gasteiger partial charge in [0.05, 0.1) is 30.0 Å². The highest BCUT2D eigenvalue weighted by Crippen LogP contribution is 2.27. The summed E-state index contributed by atoms with van der Waals surface area (Å²) < 4.78 is 33.5. The van der Waals surface area contributed by atoms with Crippen LogP contribution in [-0.4, -0.2) is 75.4 Å². The smallest absolute Gasteiger partial charge is 0.243 e. The lowest BCUT2D eigenvalue weighted by atomic mass is 9.92. The number of aromatic nitrogens is 2. The third-order valence-electron chi connectivity index (χ3n) is 6.52. The van der Waals surface area contributed by atoms with Crippen LogP contribution in [0.5, 0.6) is 0 Å². The number of hydrogen-bond donors (Lipinski definition) is 0. The summed E-state index contributed by atoms with van der Waals surface area (Å²) in [6.45, 7) is 5.23. The molecular formula is C22H29N5O3S. The number of anilines is 2. The Morgan fingerprint density at radius 1 is 0.839 bits per heavy atom. The molecule has 0 amide bonds. The number of benzene rings is 1. The highest BCUT2D eigenvalue weighted by molar-refractivity contribution is 7.89. The monoisotopic (exact) mass is 443 g/mol. The van der Waals surface area contributed by atoms with Gasteiger partial charge in [-0.1, -0.05) is 6.07 Å². The van der Waals surface area contributed by atoms with Crippen molar-refractivity contribution in [2.45, 2.75) is 30.6 Å². The second-order valence-corrected chi connectivity index (χ2v) is 10.3. The molecule has 2 aromatic rings. The molecule has 1 aromatic heterocycles. The summed E-state index contributed by atoms with van der Waals surface area (Å²) >= 11 is 0. The number of rotatable bonds is 4. The standard InChI is InChI=1S/C22H29N5O3S/c28-31(29,21-6-5-18-3-1-2-4-19(18)15-21)27-9-7-25(8-10-27)20-16-22(24-23-17-20)26-11-13-30-14-12-26/h5-6,15-17H,1-4,7-14H2. The van der Waals surface area contributed by atoms with Gasteiger partial charge in [-0.2, -0.15) is 9.40 Å². The molecule has 0 spiro atoms. The van der Waals surface area contributed by atoms with Crippen LogP contribution in [0.1, 0.15) is 24.0 Å². The predicted octanol–water partition coefficient (Wildman–Crippen LogP) is 1.70. The molecule has 5 rings (SSSR count). The minimum Gasteiger partial charge on any atom is -0.378 e. The van der Waals surface area contributed by atoms with Crippen LogP contribution in [0, 0.1) is 0 Å². The Kier molecular flexibility index (Phi) is 5.81. The van der Waals surface area contributed by atoms with E-state index in [1.54, 1.807) is 16.6 Å². The summed E-state index contributed by atoms with van der Waals surface area (Å²) in [5.74, 6) is 0.852. The fourth-order valence-corrected chi connectivity index (χ4v) is 6.14. The molecule has 0 saturated carbocycles. The lowest BCUT2D eigenvalue weighted by molar-refractivity contribution is 0.122. The van der Waals surface area contributed by atoms with E-state index in [-0.39, 0.29) is 0 Å². The van der Waals surface area contributed by atoms with Gasteiger partial charge in [0.2, 0.25) is 10.0 Å². The molecule has 31 heavy (non-hydrogen) atoms. The number of fused-ring (bicyclic) bond motifs is 1. The SMILES string of the molecule is O=S(=O)(c1ccc2c(c1)CCCC2)N1CCN(c2cnnc(N3CCOCC3)c2)CC1. The molecule has 0 N–H and O–H groups in total. The number of aryl methyl sites for hydroxylation is 2. The lowest BCUT2D eigenvalue weighted by Gasteiger charge is -2.36. The van der Waals surface area contributed by atoms with Crippen molar-refractivity contribution in [3.05, 3.63) is 41.6 Å². The number of ether oxygens (including phenoxy) is 1. The van der Waals surface area contributed by atoms with E-state index < -0.39 is 10.0 Å². The maximum atomic E-state index is 13.2. The fourth-order valence-electron chi connectivity index (χ4n) is 4.67. The second-order valence-electron chi connectivity index (χ2n) is 8.40. The average molecular weight is 444 g/mol. The van der Waals surface area contributed by atoms with Crippen LogP contribution >= 0.6 is 0 Å². The minimum absolute atomic E-state index is 0.432. The molecule has 9 heteroatoms. The van der Waals surface area contributed by atoms with Crippen molar-refractivity contribution in [1.29, 1.82) is 0 Å². The zero-order valence-electron chi connectivity index (χ0n) is 17.7. The molecule has 166 valence electrons. The van der Waals surface area contributed by atoms with Crippen LogP contribution in [0.25, 0.3) is 0 Å². The third kappa shape index (κ3) is 4.26. The van der Waals surface area contributed by atoms with Gasteiger partial charge in [-0.3, -0.25) is 0 Å². The first-order valence-corrected chi connectivity index (χ1v) is 12.6. The van der Waals surface area contributed by atoms with Crippen LogP contribution in [0.15, 0.2) is 35.4 Å². The van der Waals surface area contributed by atoms with Crippen LogP contribution in [0.4, 0.5) is 11.5 Å². The molecule has 2 saturated heterocycles. The van der Waals surface area contributed by atoms with Crippen LogP contribution in [0.3, 0.4) is 0 Å². The van der Waals surface area contributed by atoms with Gasteiger partial charge in [0.25, 0.3) is 0 Å². The number of nitrogens with zero attached hydrogens (tertiary/aromatic N) is 5. The molecule has 0 atom stereocenters. The summed E-state index contributed by atoms with van der Waals surface area (Å²) in [7, 11) is -3.47. The Labute approximate surface area is 183 Å². The number of sulfonamides is 1. The van der Waals surface area contributed by atoms with E-state index in [0.29, 0.717) is 44.3 Å². The molecule has 8 nitrogen and oxygen atoms in total. The second kappa shape index (κ2) is 8.72. The summed E-state index contributed by atoms with van der Waals surface area (Å²) in [5, 5.41) is 8.46. The molecular weight excluding hydrogens is 414 g/mol. The Morgan fingerprint density at radius 3 is 2.35 bits per heavy atom. The van der Waals surface area contributed by atoms with E-state index >= 15 is 0 Å². The minimum atomic E-state index is -3.47. The molecule has 2 aliphatic heterocycles. The van der Waals surface area contributed by atoms with Gasteiger partial charge in [0.15, 0.2) is 5.82 Å². The van der Waals surface area contributed by atoms with E-state index in [9.17, 15) is 8.42 Å². The van der Waals surface area contributed by atoms with E-state index in [1.165, 1.54) is 17.5 Å². The van der Waals surface area contributed by atoms with Crippen molar-refractivity contribution < 1.29 is 13.2 Å². The Bertz CT molecular complexity index is 1030. The highest BCUT2D eigenvalue weighted by atomic mass is 32.2. The first-order chi connectivity index (χ1) is 15.1. The van der Waals surface area contributed by atoms with Gasteiger partial charge in [-0.05, 0) is 48.9 Å². The fraction of sp³-hybridized carbons (Fsp3) is 0.545. The summed E-state index contributed by atoms with van der Waals surface area (Å²) in [4.78, 5) is 4.80. The molecule has 0 bridgehead atoms. The van der Waals surface area contributed by atoms with Crippen molar-refractivity contribution in [2.75, 3.05) is 62.3 Å². The maximum Gasteiger partial charge on any atom is 0.243 e. The van der Waals surface area contributed by atoms with E-state index in [4.69, 9.17) is 4.74 Å². The van der Waals surface area contributed by atoms with Crippen molar-refractivity contribution in [3.63, 3.8) is 0 Å². The molecule has 0 radical (unpaired) electrons. The summed E-state index contributed by atoms with van der Waals surface area (Å²) in [5.41, 5.74) is 3.49. The largest absolute Gasteiger partial charge is 0.378 e. The van der Waals surface area contributed by atoms with Gasteiger partial charge >= 0.3 is 0 Å². The first kappa shape index (κ1) is 20.7. The van der Waals surface area contributed by atoms with Crippen molar-refractivity contribution in [3.8, 4) is 0 Å². The zero-order chi connectivity index (χ0) is 21.3. The van der Waals surface area contributed by atoms with Crippen LogP contribution in [-0.2, 0) is 27.6 Å². The van der Waals surface area contributed by atoms with Gasteiger partial charge in [-0.15, -0.1) is 5.10 Å². The van der Waals surface area contributed by atoms with Gasteiger partial charge in [0.1, 0.15) is 0 Å². The maximum absolute atomic E-state index is 13.2. The first-order valence-electron chi connectivity index (χ1n) is 11.1. The van der Waals surface area contributed by atoms with Gasteiger partial charge < -0.3 is 14.5 Å². The Hall–Kier alpha value is -2.23. The number of hydrogen-bond acceptors (Lipinski definition) is 7. The molecule has 2 fully saturated rings. The van der Waals surface area contributed by atoms with Crippen molar-refractivity contribution in [1.82, 2.24) is 14.5 Å². The Balaban J connectivity index is 1.27. The normalized spacial score (nSPS) is 20.5. The van der Waals surface area contributed by atoms with Crippen molar-refractivity contribution in [2.24, 2.45) is 0 Å². The summed E-state index contributed by atoms with van der Waals surface area (Å²) in [6, 6.07) is 7.74. The summed E-state index contributed by atoms with van der Waals surface area (Å²) in [6.07, 6.45) is 6.13. The third-order valence-corrected chi connectivity index (χ3v) is 8.42. The van der Waals surface area contributed by atoms with E-state index in [1.807, 2.05) is 18.2 Å². The number of piperazine rings is 1. The lowest BCUT2D eigenvalue weighted by Crippen LogP contribution is -2.48. The molecule has 0 unspecified atom stereocenters.